The van der Waals surface area contributed by atoms with Gasteiger partial charge in [0.25, 0.3) is 0 Å². The SMILES string of the molecule is COC(=O)c1ccc(Cl)c(Nc2ncnc3sc(C)c(-c4ccc(C)cc4)c23)c1. The molecule has 0 saturated carbocycles. The van der Waals surface area contributed by atoms with Gasteiger partial charge in [-0.3, -0.25) is 0 Å². The first-order valence-corrected chi connectivity index (χ1v) is 10.1. The van der Waals surface area contributed by atoms with Crippen LogP contribution in [0.25, 0.3) is 21.3 Å². The molecule has 5 nitrogen and oxygen atoms in total. The number of esters is 1. The van der Waals surface area contributed by atoms with Crippen LogP contribution in [-0.4, -0.2) is 23.0 Å². The lowest BCUT2D eigenvalue weighted by atomic mass is 10.0. The summed E-state index contributed by atoms with van der Waals surface area (Å²) >= 11 is 7.99. The summed E-state index contributed by atoms with van der Waals surface area (Å²) in [5.41, 5.74) is 4.38. The molecule has 2 heterocycles. The molecule has 0 aliphatic carbocycles. The zero-order valence-electron chi connectivity index (χ0n) is 16.1. The lowest BCUT2D eigenvalue weighted by Crippen LogP contribution is -2.03. The minimum atomic E-state index is -0.427. The molecule has 2 aromatic heterocycles. The Hall–Kier alpha value is -2.96. The number of nitrogens with zero attached hydrogens (tertiary/aromatic N) is 2. The smallest absolute Gasteiger partial charge is 0.337 e. The Morgan fingerprint density at radius 1 is 1.10 bits per heavy atom. The number of methoxy groups -OCH3 is 1. The number of hydrogen-bond acceptors (Lipinski definition) is 6. The summed E-state index contributed by atoms with van der Waals surface area (Å²) in [7, 11) is 1.35. The zero-order chi connectivity index (χ0) is 20.5. The number of nitrogens with one attached hydrogen (secondary N) is 1. The van der Waals surface area contributed by atoms with E-state index in [1.165, 1.54) is 19.0 Å². The van der Waals surface area contributed by atoms with E-state index < -0.39 is 5.97 Å². The lowest BCUT2D eigenvalue weighted by Gasteiger charge is -2.11. The average molecular weight is 424 g/mol. The van der Waals surface area contributed by atoms with E-state index in [1.807, 2.05) is 0 Å². The van der Waals surface area contributed by atoms with E-state index in [-0.39, 0.29) is 0 Å². The number of aryl methyl sites for hydroxylation is 2. The van der Waals surface area contributed by atoms with Crippen LogP contribution in [0, 0.1) is 13.8 Å². The molecule has 0 aliphatic rings. The van der Waals surface area contributed by atoms with Crippen LogP contribution >= 0.6 is 22.9 Å². The van der Waals surface area contributed by atoms with Crippen LogP contribution in [0.1, 0.15) is 20.8 Å². The number of halogens is 1. The van der Waals surface area contributed by atoms with Crippen LogP contribution in [0.3, 0.4) is 0 Å². The molecule has 0 fully saturated rings. The van der Waals surface area contributed by atoms with Gasteiger partial charge in [-0.2, -0.15) is 0 Å². The molecule has 2 aromatic carbocycles. The standard InChI is InChI=1S/C22H18ClN3O2S/c1-12-4-6-14(7-5-12)18-13(2)29-21-19(18)20(24-11-25-21)26-17-10-15(22(27)28-3)8-9-16(17)23/h4-11H,1-3H3,(H,24,25,26). The lowest BCUT2D eigenvalue weighted by molar-refractivity contribution is 0.0601. The van der Waals surface area contributed by atoms with Crippen LogP contribution in [0.4, 0.5) is 11.5 Å². The van der Waals surface area contributed by atoms with Crippen LogP contribution in [0.15, 0.2) is 48.8 Å². The van der Waals surface area contributed by atoms with E-state index in [4.69, 9.17) is 16.3 Å². The predicted molar refractivity (Wildman–Crippen MR) is 118 cm³/mol. The quantitative estimate of drug-likeness (QED) is 0.398. The fourth-order valence-electron chi connectivity index (χ4n) is 3.20. The van der Waals surface area contributed by atoms with Crippen LogP contribution in [0.2, 0.25) is 5.02 Å². The molecule has 146 valence electrons. The van der Waals surface area contributed by atoms with Crippen LogP contribution in [0.5, 0.6) is 0 Å². The van der Waals surface area contributed by atoms with E-state index in [9.17, 15) is 4.79 Å². The Bertz CT molecular complexity index is 1220. The van der Waals surface area contributed by atoms with E-state index in [0.717, 1.165) is 26.2 Å². The number of rotatable bonds is 4. The summed E-state index contributed by atoms with van der Waals surface area (Å²) in [6.45, 7) is 4.14. The number of hydrogen-bond donors (Lipinski definition) is 1. The summed E-state index contributed by atoms with van der Waals surface area (Å²) in [4.78, 5) is 22.8. The molecule has 0 bridgehead atoms. The number of ether oxygens (including phenoxy) is 1. The topological polar surface area (TPSA) is 64.1 Å². The molecule has 0 unspecified atom stereocenters. The second-order valence-electron chi connectivity index (χ2n) is 6.61. The minimum Gasteiger partial charge on any atom is -0.465 e. The maximum Gasteiger partial charge on any atom is 0.337 e. The maximum atomic E-state index is 11.9. The van der Waals surface area contributed by atoms with Gasteiger partial charge >= 0.3 is 5.97 Å². The van der Waals surface area contributed by atoms with Crippen LogP contribution < -0.4 is 5.32 Å². The van der Waals surface area contributed by atoms with Gasteiger partial charge in [0.05, 0.1) is 28.8 Å². The molecule has 29 heavy (non-hydrogen) atoms. The molecule has 4 aromatic rings. The first-order valence-electron chi connectivity index (χ1n) is 8.94. The van der Waals surface area contributed by atoms with E-state index in [2.05, 4.69) is 53.4 Å². The molecule has 4 rings (SSSR count). The Kier molecular flexibility index (Phi) is 5.22. The molecule has 1 N–H and O–H groups in total. The molecule has 0 radical (unpaired) electrons. The number of fused-ring (bicyclic) bond motifs is 1. The fourth-order valence-corrected chi connectivity index (χ4v) is 4.38. The second-order valence-corrected chi connectivity index (χ2v) is 8.22. The van der Waals surface area contributed by atoms with Crippen molar-refractivity contribution in [3.63, 3.8) is 0 Å². The largest absolute Gasteiger partial charge is 0.465 e. The summed E-state index contributed by atoms with van der Waals surface area (Å²) in [5, 5.41) is 4.69. The van der Waals surface area contributed by atoms with Gasteiger partial charge in [-0.1, -0.05) is 41.4 Å². The van der Waals surface area contributed by atoms with Crippen molar-refractivity contribution in [2.24, 2.45) is 0 Å². The van der Waals surface area contributed by atoms with E-state index in [0.29, 0.717) is 22.1 Å². The Labute approximate surface area is 177 Å². The van der Waals surface area contributed by atoms with Gasteiger partial charge in [-0.15, -0.1) is 11.3 Å². The Morgan fingerprint density at radius 2 is 1.86 bits per heavy atom. The van der Waals surface area contributed by atoms with Crippen molar-refractivity contribution in [3.05, 3.63) is 69.8 Å². The summed E-state index contributed by atoms with van der Waals surface area (Å²) in [6, 6.07) is 13.3. The maximum absolute atomic E-state index is 11.9. The van der Waals surface area contributed by atoms with Crippen molar-refractivity contribution in [3.8, 4) is 11.1 Å². The van der Waals surface area contributed by atoms with Crippen molar-refractivity contribution in [2.75, 3.05) is 12.4 Å². The third-order valence-corrected chi connectivity index (χ3v) is 5.99. The number of carbonyl (C=O) groups excluding carboxylic acids is 1. The predicted octanol–water partition coefficient (Wildman–Crippen LogP) is 6.16. The van der Waals surface area contributed by atoms with Gasteiger partial charge in [-0.05, 0) is 37.6 Å². The minimum absolute atomic E-state index is 0.407. The molecule has 7 heteroatoms. The first-order chi connectivity index (χ1) is 14.0. The second kappa shape index (κ2) is 7.81. The summed E-state index contributed by atoms with van der Waals surface area (Å²) in [5.74, 6) is 0.211. The monoisotopic (exact) mass is 423 g/mol. The highest BCUT2D eigenvalue weighted by Gasteiger charge is 2.18. The van der Waals surface area contributed by atoms with Crippen LogP contribution in [-0.2, 0) is 4.74 Å². The third kappa shape index (κ3) is 3.69. The highest BCUT2D eigenvalue weighted by molar-refractivity contribution is 7.19. The highest BCUT2D eigenvalue weighted by atomic mass is 35.5. The first kappa shape index (κ1) is 19.4. The molecular formula is C22H18ClN3O2S. The number of thiophene rings is 1. The molecule has 0 spiro atoms. The Balaban J connectivity index is 1.85. The fraction of sp³-hybridized carbons (Fsp3) is 0.136. The molecule has 0 saturated heterocycles. The third-order valence-electron chi connectivity index (χ3n) is 4.65. The number of benzene rings is 2. The van der Waals surface area contributed by atoms with E-state index in [1.54, 1.807) is 29.5 Å². The number of anilines is 2. The van der Waals surface area contributed by atoms with Gasteiger partial charge in [-0.25, -0.2) is 14.8 Å². The normalized spacial score (nSPS) is 10.9. The van der Waals surface area contributed by atoms with Gasteiger partial charge < -0.3 is 10.1 Å². The number of aromatic nitrogens is 2. The van der Waals surface area contributed by atoms with E-state index >= 15 is 0 Å². The average Bonchev–Trinajstić information content (AvgIpc) is 3.06. The molecule has 0 amide bonds. The van der Waals surface area contributed by atoms with Gasteiger partial charge in [0, 0.05) is 10.4 Å². The molecule has 0 atom stereocenters. The van der Waals surface area contributed by atoms with Crippen molar-refractivity contribution in [1.82, 2.24) is 9.97 Å². The van der Waals surface area contributed by atoms with Gasteiger partial charge in [0.1, 0.15) is 17.0 Å². The summed E-state index contributed by atoms with van der Waals surface area (Å²) in [6.07, 6.45) is 1.53. The van der Waals surface area contributed by atoms with Crippen molar-refractivity contribution < 1.29 is 9.53 Å². The van der Waals surface area contributed by atoms with Crippen molar-refractivity contribution in [2.45, 2.75) is 13.8 Å². The van der Waals surface area contributed by atoms with Gasteiger partial charge in [0.15, 0.2) is 0 Å². The number of carbonyl (C=O) groups is 1. The van der Waals surface area contributed by atoms with Crippen molar-refractivity contribution in [1.29, 1.82) is 0 Å². The highest BCUT2D eigenvalue weighted by Crippen LogP contribution is 2.41. The molecular weight excluding hydrogens is 406 g/mol. The Morgan fingerprint density at radius 3 is 2.59 bits per heavy atom. The van der Waals surface area contributed by atoms with Gasteiger partial charge in [0.2, 0.25) is 0 Å². The zero-order valence-corrected chi connectivity index (χ0v) is 17.7. The molecule has 0 aliphatic heterocycles. The summed E-state index contributed by atoms with van der Waals surface area (Å²) < 4.78 is 4.81. The van der Waals surface area contributed by atoms with Crippen molar-refractivity contribution >= 4 is 50.6 Å².